The highest BCUT2D eigenvalue weighted by atomic mass is 16.1. The number of carbonyl (C=O) groups is 1. The monoisotopic (exact) mass is 166 g/mol. The van der Waals surface area contributed by atoms with Gasteiger partial charge in [-0.1, -0.05) is 19.8 Å². The molecule has 0 aliphatic heterocycles. The SMILES string of the molecule is C[C@@H]1CCC[C@@]12CCCC(=O)C2. The Kier molecular flexibility index (Phi) is 1.97. The predicted octanol–water partition coefficient (Wildman–Crippen LogP) is 2.94. The van der Waals surface area contributed by atoms with Crippen molar-refractivity contribution < 1.29 is 4.79 Å². The topological polar surface area (TPSA) is 17.1 Å². The van der Waals surface area contributed by atoms with Crippen LogP contribution in [0.3, 0.4) is 0 Å². The zero-order valence-electron chi connectivity index (χ0n) is 7.94. The normalized spacial score (nSPS) is 42.4. The van der Waals surface area contributed by atoms with E-state index < -0.39 is 0 Å². The lowest BCUT2D eigenvalue weighted by Gasteiger charge is -2.36. The molecular weight excluding hydrogens is 148 g/mol. The van der Waals surface area contributed by atoms with Crippen molar-refractivity contribution in [2.24, 2.45) is 11.3 Å². The van der Waals surface area contributed by atoms with Gasteiger partial charge in [0.25, 0.3) is 0 Å². The first-order chi connectivity index (χ1) is 5.73. The van der Waals surface area contributed by atoms with E-state index in [2.05, 4.69) is 6.92 Å². The molecule has 68 valence electrons. The van der Waals surface area contributed by atoms with E-state index in [1.807, 2.05) is 0 Å². The summed E-state index contributed by atoms with van der Waals surface area (Å²) in [5.41, 5.74) is 0.454. The van der Waals surface area contributed by atoms with Crippen LogP contribution < -0.4 is 0 Å². The van der Waals surface area contributed by atoms with E-state index in [9.17, 15) is 4.79 Å². The van der Waals surface area contributed by atoms with Crippen molar-refractivity contribution in [1.82, 2.24) is 0 Å². The number of hydrogen-bond donors (Lipinski definition) is 0. The lowest BCUT2D eigenvalue weighted by Crippen LogP contribution is -2.30. The molecule has 1 heteroatoms. The largest absolute Gasteiger partial charge is 0.300 e. The highest BCUT2D eigenvalue weighted by Crippen LogP contribution is 2.51. The van der Waals surface area contributed by atoms with Crippen LogP contribution in [0.25, 0.3) is 0 Å². The summed E-state index contributed by atoms with van der Waals surface area (Å²) in [5, 5.41) is 0. The van der Waals surface area contributed by atoms with Gasteiger partial charge in [-0.25, -0.2) is 0 Å². The number of carbonyl (C=O) groups excluding carboxylic acids is 1. The van der Waals surface area contributed by atoms with Crippen LogP contribution in [0.15, 0.2) is 0 Å². The van der Waals surface area contributed by atoms with Crippen LogP contribution in [0.5, 0.6) is 0 Å². The maximum Gasteiger partial charge on any atom is 0.133 e. The lowest BCUT2D eigenvalue weighted by atomic mass is 9.68. The zero-order valence-corrected chi connectivity index (χ0v) is 7.94. The molecule has 0 aromatic carbocycles. The number of rotatable bonds is 0. The lowest BCUT2D eigenvalue weighted by molar-refractivity contribution is -0.124. The van der Waals surface area contributed by atoms with Gasteiger partial charge < -0.3 is 0 Å². The highest BCUT2D eigenvalue weighted by molar-refractivity contribution is 5.80. The minimum absolute atomic E-state index is 0.454. The Bertz CT molecular complexity index is 197. The van der Waals surface area contributed by atoms with E-state index in [4.69, 9.17) is 0 Å². The standard InChI is InChI=1S/C11H18O/c1-9-4-2-6-11(9)7-3-5-10(12)8-11/h9H,2-8H2,1H3/t9-,11+/m1/s1. The van der Waals surface area contributed by atoms with Crippen LogP contribution in [0, 0.1) is 11.3 Å². The molecule has 12 heavy (non-hydrogen) atoms. The summed E-state index contributed by atoms with van der Waals surface area (Å²) in [5.74, 6) is 1.33. The third-order valence-electron chi connectivity index (χ3n) is 4.04. The van der Waals surface area contributed by atoms with Crippen LogP contribution in [-0.2, 0) is 4.79 Å². The minimum atomic E-state index is 0.454. The van der Waals surface area contributed by atoms with Gasteiger partial charge in [0.15, 0.2) is 0 Å². The summed E-state index contributed by atoms with van der Waals surface area (Å²) in [6.45, 7) is 2.34. The summed E-state index contributed by atoms with van der Waals surface area (Å²) in [6, 6.07) is 0. The zero-order chi connectivity index (χ0) is 8.60. The summed E-state index contributed by atoms with van der Waals surface area (Å²) >= 11 is 0. The van der Waals surface area contributed by atoms with E-state index >= 15 is 0 Å². The van der Waals surface area contributed by atoms with E-state index in [0.717, 1.165) is 25.2 Å². The Morgan fingerprint density at radius 3 is 2.67 bits per heavy atom. The molecule has 0 saturated heterocycles. The molecule has 0 unspecified atom stereocenters. The average molecular weight is 166 g/mol. The summed E-state index contributed by atoms with van der Waals surface area (Å²) < 4.78 is 0. The summed E-state index contributed by atoms with van der Waals surface area (Å²) in [4.78, 5) is 11.4. The van der Waals surface area contributed by atoms with Crippen LogP contribution in [-0.4, -0.2) is 5.78 Å². The van der Waals surface area contributed by atoms with Crippen molar-refractivity contribution in [3.63, 3.8) is 0 Å². The Hall–Kier alpha value is -0.330. The van der Waals surface area contributed by atoms with Crippen LogP contribution >= 0.6 is 0 Å². The molecule has 2 atom stereocenters. The molecule has 1 spiro atoms. The first-order valence-electron chi connectivity index (χ1n) is 5.25. The second-order valence-electron chi connectivity index (χ2n) is 4.72. The van der Waals surface area contributed by atoms with Gasteiger partial charge in [-0.2, -0.15) is 0 Å². The van der Waals surface area contributed by atoms with Crippen molar-refractivity contribution in [2.75, 3.05) is 0 Å². The van der Waals surface area contributed by atoms with Crippen LogP contribution in [0.4, 0.5) is 0 Å². The molecule has 0 radical (unpaired) electrons. The van der Waals surface area contributed by atoms with E-state index in [1.54, 1.807) is 0 Å². The highest BCUT2D eigenvalue weighted by Gasteiger charge is 2.42. The molecule has 2 aliphatic carbocycles. The Morgan fingerprint density at radius 2 is 2.08 bits per heavy atom. The van der Waals surface area contributed by atoms with E-state index in [0.29, 0.717) is 11.2 Å². The van der Waals surface area contributed by atoms with Gasteiger partial charge >= 0.3 is 0 Å². The second-order valence-corrected chi connectivity index (χ2v) is 4.72. The number of hydrogen-bond acceptors (Lipinski definition) is 1. The quantitative estimate of drug-likeness (QED) is 0.540. The Balaban J connectivity index is 2.13. The molecule has 2 aliphatic rings. The molecule has 2 fully saturated rings. The third kappa shape index (κ3) is 1.19. The fourth-order valence-electron chi connectivity index (χ4n) is 3.15. The molecule has 2 saturated carbocycles. The maximum absolute atomic E-state index is 11.4. The van der Waals surface area contributed by atoms with Crippen LogP contribution in [0.1, 0.15) is 51.9 Å². The van der Waals surface area contributed by atoms with Crippen molar-refractivity contribution in [3.8, 4) is 0 Å². The molecular formula is C11H18O. The third-order valence-corrected chi connectivity index (χ3v) is 4.04. The average Bonchev–Trinajstić information content (AvgIpc) is 2.33. The van der Waals surface area contributed by atoms with Crippen molar-refractivity contribution in [3.05, 3.63) is 0 Å². The molecule has 0 heterocycles. The fraction of sp³-hybridized carbons (Fsp3) is 0.909. The molecule has 1 nitrogen and oxygen atoms in total. The predicted molar refractivity (Wildman–Crippen MR) is 48.9 cm³/mol. The van der Waals surface area contributed by atoms with Gasteiger partial charge in [0.05, 0.1) is 0 Å². The Morgan fingerprint density at radius 1 is 1.33 bits per heavy atom. The van der Waals surface area contributed by atoms with Gasteiger partial charge in [0.2, 0.25) is 0 Å². The Labute approximate surface area is 74.5 Å². The summed E-state index contributed by atoms with van der Waals surface area (Å²) in [6.07, 6.45) is 8.26. The van der Waals surface area contributed by atoms with E-state index in [-0.39, 0.29) is 0 Å². The first-order valence-corrected chi connectivity index (χ1v) is 5.25. The second kappa shape index (κ2) is 2.86. The maximum atomic E-state index is 11.4. The van der Waals surface area contributed by atoms with Crippen molar-refractivity contribution in [1.29, 1.82) is 0 Å². The number of Topliss-reactive ketones (excluding diaryl/α,β-unsaturated/α-hetero) is 1. The molecule has 2 rings (SSSR count). The van der Waals surface area contributed by atoms with E-state index in [1.165, 1.54) is 25.7 Å². The number of ketones is 1. The minimum Gasteiger partial charge on any atom is -0.300 e. The molecule has 0 aromatic heterocycles. The molecule has 0 amide bonds. The first kappa shape index (κ1) is 8.28. The van der Waals surface area contributed by atoms with Gasteiger partial charge in [-0.3, -0.25) is 4.79 Å². The van der Waals surface area contributed by atoms with Gasteiger partial charge in [-0.05, 0) is 30.6 Å². The smallest absolute Gasteiger partial charge is 0.133 e. The van der Waals surface area contributed by atoms with Gasteiger partial charge in [0, 0.05) is 12.8 Å². The van der Waals surface area contributed by atoms with Crippen molar-refractivity contribution in [2.45, 2.75) is 51.9 Å². The molecule has 0 aromatic rings. The van der Waals surface area contributed by atoms with Gasteiger partial charge in [0.1, 0.15) is 5.78 Å². The molecule has 0 bridgehead atoms. The van der Waals surface area contributed by atoms with Crippen molar-refractivity contribution >= 4 is 5.78 Å². The fourth-order valence-corrected chi connectivity index (χ4v) is 3.15. The molecule has 0 N–H and O–H groups in total. The van der Waals surface area contributed by atoms with Gasteiger partial charge in [-0.15, -0.1) is 0 Å². The summed E-state index contributed by atoms with van der Waals surface area (Å²) in [7, 11) is 0. The van der Waals surface area contributed by atoms with Crippen LogP contribution in [0.2, 0.25) is 0 Å².